The summed E-state index contributed by atoms with van der Waals surface area (Å²) in [4.78, 5) is 0. The Hall–Kier alpha value is -1.25. The zero-order chi connectivity index (χ0) is 10.6. The van der Waals surface area contributed by atoms with Crippen molar-refractivity contribution in [3.05, 3.63) is 24.0 Å². The van der Waals surface area contributed by atoms with Gasteiger partial charge in [-0.1, -0.05) is 6.92 Å². The summed E-state index contributed by atoms with van der Waals surface area (Å²) in [5.41, 5.74) is 0.789. The van der Waals surface area contributed by atoms with Crippen molar-refractivity contribution in [3.8, 4) is 5.75 Å². The fourth-order valence-corrected chi connectivity index (χ4v) is 1.14. The average Bonchev–Trinajstić information content (AvgIpc) is 2.18. The van der Waals surface area contributed by atoms with Crippen molar-refractivity contribution >= 4 is 5.69 Å². The monoisotopic (exact) mass is 197 g/mol. The Kier molecular flexibility index (Phi) is 3.74. The van der Waals surface area contributed by atoms with Crippen LogP contribution in [-0.2, 0) is 0 Å². The van der Waals surface area contributed by atoms with E-state index in [0.29, 0.717) is 6.04 Å². The second-order valence-corrected chi connectivity index (χ2v) is 3.30. The molecule has 0 amide bonds. The fourth-order valence-electron chi connectivity index (χ4n) is 1.14. The van der Waals surface area contributed by atoms with E-state index in [9.17, 15) is 4.39 Å². The molecule has 0 radical (unpaired) electrons. The van der Waals surface area contributed by atoms with Crippen LogP contribution in [0.4, 0.5) is 10.1 Å². The van der Waals surface area contributed by atoms with Gasteiger partial charge in [0.2, 0.25) is 0 Å². The van der Waals surface area contributed by atoms with Crippen LogP contribution in [-0.4, -0.2) is 13.2 Å². The van der Waals surface area contributed by atoms with Crippen molar-refractivity contribution in [2.45, 2.75) is 26.3 Å². The molecule has 0 aliphatic rings. The number of benzene rings is 1. The zero-order valence-electron chi connectivity index (χ0n) is 8.80. The molecule has 1 aromatic rings. The van der Waals surface area contributed by atoms with Gasteiger partial charge in [0.1, 0.15) is 0 Å². The minimum absolute atomic E-state index is 0.278. The third-order valence-corrected chi connectivity index (χ3v) is 2.18. The van der Waals surface area contributed by atoms with Crippen LogP contribution in [0.2, 0.25) is 0 Å². The molecule has 0 unspecified atom stereocenters. The van der Waals surface area contributed by atoms with E-state index in [1.807, 2.05) is 6.07 Å². The topological polar surface area (TPSA) is 21.3 Å². The second kappa shape index (κ2) is 4.84. The molecule has 0 aliphatic heterocycles. The Labute approximate surface area is 84.1 Å². The summed E-state index contributed by atoms with van der Waals surface area (Å²) >= 11 is 0. The maximum atomic E-state index is 13.2. The van der Waals surface area contributed by atoms with Gasteiger partial charge in [-0.15, -0.1) is 0 Å². The Balaban J connectivity index is 2.76. The second-order valence-electron chi connectivity index (χ2n) is 3.30. The predicted molar refractivity (Wildman–Crippen MR) is 56.3 cm³/mol. The van der Waals surface area contributed by atoms with Crippen molar-refractivity contribution in [3.63, 3.8) is 0 Å². The highest BCUT2D eigenvalue weighted by Gasteiger charge is 2.04. The first-order valence-corrected chi connectivity index (χ1v) is 4.77. The van der Waals surface area contributed by atoms with Gasteiger partial charge in [0.15, 0.2) is 11.6 Å². The summed E-state index contributed by atoms with van der Waals surface area (Å²) < 4.78 is 18.1. The molecule has 1 rings (SSSR count). The number of ether oxygens (including phenoxy) is 1. The molecule has 0 aromatic heterocycles. The molecular weight excluding hydrogens is 181 g/mol. The number of halogens is 1. The number of hydrogen-bond acceptors (Lipinski definition) is 2. The lowest BCUT2D eigenvalue weighted by Crippen LogP contribution is -2.13. The van der Waals surface area contributed by atoms with Crippen molar-refractivity contribution in [2.24, 2.45) is 0 Å². The molecule has 1 atom stereocenters. The molecule has 0 bridgehead atoms. The fraction of sp³-hybridized carbons (Fsp3) is 0.455. The lowest BCUT2D eigenvalue weighted by molar-refractivity contribution is 0.386. The third-order valence-electron chi connectivity index (χ3n) is 2.18. The van der Waals surface area contributed by atoms with E-state index in [4.69, 9.17) is 4.74 Å². The number of nitrogens with one attached hydrogen (secondary N) is 1. The summed E-state index contributed by atoms with van der Waals surface area (Å²) in [5, 5.41) is 3.19. The first-order valence-electron chi connectivity index (χ1n) is 4.77. The van der Waals surface area contributed by atoms with Crippen molar-refractivity contribution in [1.82, 2.24) is 0 Å². The van der Waals surface area contributed by atoms with Gasteiger partial charge < -0.3 is 10.1 Å². The van der Waals surface area contributed by atoms with E-state index in [1.165, 1.54) is 13.2 Å². The summed E-state index contributed by atoms with van der Waals surface area (Å²) in [6.45, 7) is 4.14. The van der Waals surface area contributed by atoms with E-state index in [-0.39, 0.29) is 11.6 Å². The first kappa shape index (κ1) is 10.8. The first-order chi connectivity index (χ1) is 6.67. The van der Waals surface area contributed by atoms with Gasteiger partial charge in [-0.3, -0.25) is 0 Å². The average molecular weight is 197 g/mol. The quantitative estimate of drug-likeness (QED) is 0.801. The lowest BCUT2D eigenvalue weighted by atomic mass is 10.2. The third kappa shape index (κ3) is 2.62. The molecule has 3 heteroatoms. The highest BCUT2D eigenvalue weighted by molar-refractivity contribution is 5.47. The van der Waals surface area contributed by atoms with Gasteiger partial charge in [0.25, 0.3) is 0 Å². The van der Waals surface area contributed by atoms with Crippen LogP contribution in [0, 0.1) is 5.82 Å². The van der Waals surface area contributed by atoms with Crippen LogP contribution in [0.15, 0.2) is 18.2 Å². The Morgan fingerprint density at radius 3 is 2.71 bits per heavy atom. The SMILES string of the molecule is CC[C@H](C)Nc1ccc(OC)c(F)c1. The molecule has 1 aromatic carbocycles. The van der Waals surface area contributed by atoms with Crippen LogP contribution < -0.4 is 10.1 Å². The van der Waals surface area contributed by atoms with Crippen molar-refractivity contribution in [2.75, 3.05) is 12.4 Å². The van der Waals surface area contributed by atoms with Gasteiger partial charge in [0, 0.05) is 17.8 Å². The summed E-state index contributed by atoms with van der Waals surface area (Å²) in [7, 11) is 1.46. The molecule has 78 valence electrons. The zero-order valence-corrected chi connectivity index (χ0v) is 8.80. The van der Waals surface area contributed by atoms with Crippen molar-refractivity contribution in [1.29, 1.82) is 0 Å². The number of hydrogen-bond donors (Lipinski definition) is 1. The van der Waals surface area contributed by atoms with Crippen LogP contribution >= 0.6 is 0 Å². The molecule has 1 N–H and O–H groups in total. The molecule has 0 fully saturated rings. The molecule has 14 heavy (non-hydrogen) atoms. The minimum Gasteiger partial charge on any atom is -0.494 e. The van der Waals surface area contributed by atoms with E-state index in [2.05, 4.69) is 19.2 Å². The molecule has 0 saturated carbocycles. The van der Waals surface area contributed by atoms with Crippen molar-refractivity contribution < 1.29 is 9.13 Å². The van der Waals surface area contributed by atoms with Crippen LogP contribution in [0.1, 0.15) is 20.3 Å². The van der Waals surface area contributed by atoms with Gasteiger partial charge in [-0.25, -0.2) is 4.39 Å². The van der Waals surface area contributed by atoms with Gasteiger partial charge in [-0.2, -0.15) is 0 Å². The van der Waals surface area contributed by atoms with Crippen LogP contribution in [0.5, 0.6) is 5.75 Å². The highest BCUT2D eigenvalue weighted by atomic mass is 19.1. The van der Waals surface area contributed by atoms with Crippen LogP contribution in [0.3, 0.4) is 0 Å². The minimum atomic E-state index is -0.333. The number of anilines is 1. The molecule has 2 nitrogen and oxygen atoms in total. The standard InChI is InChI=1S/C11H16FNO/c1-4-8(2)13-9-5-6-11(14-3)10(12)7-9/h5-8,13H,4H2,1-3H3/t8-/m0/s1. The number of rotatable bonds is 4. The summed E-state index contributed by atoms with van der Waals surface area (Å²) in [6, 6.07) is 5.24. The Bertz CT molecular complexity index is 301. The maximum absolute atomic E-state index is 13.2. The molecule has 0 aliphatic carbocycles. The van der Waals surface area contributed by atoms with Gasteiger partial charge in [-0.05, 0) is 25.5 Å². The normalized spacial score (nSPS) is 12.3. The Morgan fingerprint density at radius 1 is 1.50 bits per heavy atom. The maximum Gasteiger partial charge on any atom is 0.167 e. The molecule has 0 spiro atoms. The van der Waals surface area contributed by atoms with Crippen LogP contribution in [0.25, 0.3) is 0 Å². The van der Waals surface area contributed by atoms with Gasteiger partial charge in [0.05, 0.1) is 7.11 Å². The van der Waals surface area contributed by atoms with E-state index < -0.39 is 0 Å². The molecule has 0 heterocycles. The van der Waals surface area contributed by atoms with E-state index in [1.54, 1.807) is 6.07 Å². The highest BCUT2D eigenvalue weighted by Crippen LogP contribution is 2.21. The van der Waals surface area contributed by atoms with E-state index >= 15 is 0 Å². The molecule has 0 saturated heterocycles. The summed E-state index contributed by atoms with van der Waals surface area (Å²) in [6.07, 6.45) is 1.01. The lowest BCUT2D eigenvalue weighted by Gasteiger charge is -2.13. The molecular formula is C11H16FNO. The summed E-state index contributed by atoms with van der Waals surface area (Å²) in [5.74, 6) is -0.0551. The van der Waals surface area contributed by atoms with Gasteiger partial charge >= 0.3 is 0 Å². The number of methoxy groups -OCH3 is 1. The smallest absolute Gasteiger partial charge is 0.167 e. The predicted octanol–water partition coefficient (Wildman–Crippen LogP) is 3.04. The largest absolute Gasteiger partial charge is 0.494 e. The Morgan fingerprint density at radius 2 is 2.21 bits per heavy atom. The van der Waals surface area contributed by atoms with E-state index in [0.717, 1.165) is 12.1 Å².